The van der Waals surface area contributed by atoms with Crippen LogP contribution < -0.4 is 10.4 Å². The number of anilines is 1. The van der Waals surface area contributed by atoms with Gasteiger partial charge in [0.15, 0.2) is 0 Å². The van der Waals surface area contributed by atoms with Crippen molar-refractivity contribution in [3.8, 4) is 0 Å². The molecule has 138 valence electrons. The molecule has 0 amide bonds. The van der Waals surface area contributed by atoms with E-state index >= 15 is 0 Å². The van der Waals surface area contributed by atoms with Gasteiger partial charge in [-0.25, -0.2) is 17.6 Å². The fraction of sp³-hybridized carbons (Fsp3) is 0.278. The molecule has 0 atom stereocenters. The molecule has 6 nitrogen and oxygen atoms in total. The van der Waals surface area contributed by atoms with Gasteiger partial charge in [-0.3, -0.25) is 13.9 Å². The smallest absolute Gasteiger partial charge is 0.292 e. The summed E-state index contributed by atoms with van der Waals surface area (Å²) in [5.41, 5.74) is 1.94. The number of nitrogens with one attached hydrogen (secondary N) is 1. The molecule has 3 aromatic rings. The number of benzene rings is 2. The maximum atomic E-state index is 13.7. The van der Waals surface area contributed by atoms with Gasteiger partial charge in [0, 0.05) is 13.1 Å². The van der Waals surface area contributed by atoms with Crippen LogP contribution in [-0.4, -0.2) is 17.6 Å². The first-order chi connectivity index (χ1) is 12.3. The average molecular weight is 377 g/mol. The molecule has 0 unspecified atom stereocenters. The van der Waals surface area contributed by atoms with Gasteiger partial charge >= 0.3 is 5.69 Å². The summed E-state index contributed by atoms with van der Waals surface area (Å²) in [6.45, 7) is 6.30. The molecule has 0 aliphatic heterocycles. The normalized spacial score (nSPS) is 11.8. The van der Waals surface area contributed by atoms with E-state index in [0.29, 0.717) is 29.9 Å². The van der Waals surface area contributed by atoms with Gasteiger partial charge in [0.2, 0.25) is 0 Å². The maximum absolute atomic E-state index is 13.7. The Hall–Kier alpha value is -2.61. The highest BCUT2D eigenvalue weighted by Crippen LogP contribution is 2.22. The third kappa shape index (κ3) is 3.01. The first kappa shape index (κ1) is 18.2. The zero-order chi connectivity index (χ0) is 19.1. The number of aryl methyl sites for hydroxylation is 3. The van der Waals surface area contributed by atoms with Crippen LogP contribution >= 0.6 is 0 Å². The number of halogens is 1. The second-order valence-corrected chi connectivity index (χ2v) is 7.67. The van der Waals surface area contributed by atoms with Crippen molar-refractivity contribution in [2.24, 2.45) is 0 Å². The second kappa shape index (κ2) is 6.60. The van der Waals surface area contributed by atoms with E-state index in [1.807, 2.05) is 13.8 Å². The van der Waals surface area contributed by atoms with Crippen LogP contribution in [0.2, 0.25) is 0 Å². The zero-order valence-corrected chi connectivity index (χ0v) is 15.6. The lowest BCUT2D eigenvalue weighted by molar-refractivity contribution is 0.593. The van der Waals surface area contributed by atoms with Crippen LogP contribution in [0.4, 0.5) is 10.1 Å². The van der Waals surface area contributed by atoms with Crippen LogP contribution in [-0.2, 0) is 23.1 Å². The van der Waals surface area contributed by atoms with E-state index in [4.69, 9.17) is 0 Å². The van der Waals surface area contributed by atoms with E-state index in [2.05, 4.69) is 4.72 Å². The van der Waals surface area contributed by atoms with Crippen LogP contribution in [0.3, 0.4) is 0 Å². The molecule has 3 rings (SSSR count). The summed E-state index contributed by atoms with van der Waals surface area (Å²) in [7, 11) is -3.93. The molecule has 1 aromatic heterocycles. The summed E-state index contributed by atoms with van der Waals surface area (Å²) in [4.78, 5) is 12.2. The summed E-state index contributed by atoms with van der Waals surface area (Å²) in [5, 5.41) is 0. The van der Waals surface area contributed by atoms with Crippen LogP contribution in [0.5, 0.6) is 0 Å². The Morgan fingerprint density at radius 3 is 2.27 bits per heavy atom. The molecule has 0 saturated heterocycles. The minimum absolute atomic E-state index is 0.134. The summed E-state index contributed by atoms with van der Waals surface area (Å²) >= 11 is 0. The van der Waals surface area contributed by atoms with Crippen molar-refractivity contribution in [3.05, 3.63) is 58.3 Å². The van der Waals surface area contributed by atoms with Gasteiger partial charge in [-0.15, -0.1) is 0 Å². The minimum Gasteiger partial charge on any atom is -0.292 e. The second-order valence-electron chi connectivity index (χ2n) is 5.99. The predicted octanol–water partition coefficient (Wildman–Crippen LogP) is 3.09. The summed E-state index contributed by atoms with van der Waals surface area (Å²) in [5.74, 6) is -0.580. The van der Waals surface area contributed by atoms with E-state index in [1.54, 1.807) is 34.3 Å². The zero-order valence-electron chi connectivity index (χ0n) is 14.8. The van der Waals surface area contributed by atoms with Crippen molar-refractivity contribution in [2.75, 3.05) is 4.72 Å². The summed E-state index contributed by atoms with van der Waals surface area (Å²) in [6, 6.07) is 8.69. The number of sulfonamides is 1. The SMILES string of the molecule is CCn1c(=O)n(CC)c2cc(NS(=O)(=O)c3ccc(C)c(F)c3)ccc21. The highest BCUT2D eigenvalue weighted by atomic mass is 32.2. The number of hydrogen-bond donors (Lipinski definition) is 1. The molecule has 1 N–H and O–H groups in total. The van der Waals surface area contributed by atoms with Gasteiger partial charge < -0.3 is 0 Å². The first-order valence-electron chi connectivity index (χ1n) is 8.30. The largest absolute Gasteiger partial charge is 0.329 e. The van der Waals surface area contributed by atoms with E-state index in [0.717, 1.165) is 11.6 Å². The van der Waals surface area contributed by atoms with Crippen LogP contribution in [0, 0.1) is 12.7 Å². The van der Waals surface area contributed by atoms with E-state index in [-0.39, 0.29) is 10.6 Å². The Morgan fingerprint density at radius 1 is 1.00 bits per heavy atom. The summed E-state index contributed by atoms with van der Waals surface area (Å²) < 4.78 is 44.4. The van der Waals surface area contributed by atoms with Crippen molar-refractivity contribution < 1.29 is 12.8 Å². The van der Waals surface area contributed by atoms with Crippen LogP contribution in [0.15, 0.2) is 46.1 Å². The van der Waals surface area contributed by atoms with Crippen LogP contribution in [0.25, 0.3) is 11.0 Å². The molecule has 0 saturated carbocycles. The molecule has 0 aliphatic carbocycles. The quantitative estimate of drug-likeness (QED) is 0.743. The monoisotopic (exact) mass is 377 g/mol. The Morgan fingerprint density at radius 2 is 1.65 bits per heavy atom. The van der Waals surface area contributed by atoms with Crippen LogP contribution in [0.1, 0.15) is 19.4 Å². The Labute approximate surface area is 150 Å². The van der Waals surface area contributed by atoms with E-state index in [1.165, 1.54) is 12.1 Å². The number of fused-ring (bicyclic) bond motifs is 1. The lowest BCUT2D eigenvalue weighted by atomic mass is 10.2. The average Bonchev–Trinajstić information content (AvgIpc) is 2.86. The molecule has 8 heteroatoms. The highest BCUT2D eigenvalue weighted by Gasteiger charge is 2.17. The van der Waals surface area contributed by atoms with Crippen molar-refractivity contribution in [1.29, 1.82) is 0 Å². The molecule has 0 radical (unpaired) electrons. The van der Waals surface area contributed by atoms with Gasteiger partial charge in [0.25, 0.3) is 10.0 Å². The lowest BCUT2D eigenvalue weighted by Gasteiger charge is -2.10. The standard InChI is InChI=1S/C18H20FN3O3S/c1-4-21-16-9-7-13(10-17(16)22(5-2)18(21)23)20-26(24,25)14-8-6-12(3)15(19)11-14/h6-11,20H,4-5H2,1-3H3. The number of nitrogens with zero attached hydrogens (tertiary/aromatic N) is 2. The summed E-state index contributed by atoms with van der Waals surface area (Å²) in [6.07, 6.45) is 0. The third-order valence-electron chi connectivity index (χ3n) is 4.36. The van der Waals surface area contributed by atoms with Gasteiger partial charge in [0.1, 0.15) is 5.82 Å². The number of imidazole rings is 1. The molecule has 0 spiro atoms. The molecule has 0 fully saturated rings. The molecule has 1 heterocycles. The Kier molecular flexibility index (Phi) is 4.62. The number of rotatable bonds is 5. The molecular formula is C18H20FN3O3S. The van der Waals surface area contributed by atoms with Crippen molar-refractivity contribution >= 4 is 26.7 Å². The van der Waals surface area contributed by atoms with Gasteiger partial charge in [0.05, 0.1) is 21.6 Å². The lowest BCUT2D eigenvalue weighted by Crippen LogP contribution is -2.23. The number of hydrogen-bond acceptors (Lipinski definition) is 3. The fourth-order valence-electron chi connectivity index (χ4n) is 2.95. The number of aromatic nitrogens is 2. The third-order valence-corrected chi connectivity index (χ3v) is 5.74. The Balaban J connectivity index is 2.06. The minimum atomic E-state index is -3.93. The predicted molar refractivity (Wildman–Crippen MR) is 99.5 cm³/mol. The molecule has 2 aromatic carbocycles. The Bertz CT molecular complexity index is 1150. The molecule has 26 heavy (non-hydrogen) atoms. The molecule has 0 bridgehead atoms. The van der Waals surface area contributed by atoms with Gasteiger partial charge in [-0.2, -0.15) is 0 Å². The van der Waals surface area contributed by atoms with Crippen molar-refractivity contribution in [1.82, 2.24) is 9.13 Å². The maximum Gasteiger partial charge on any atom is 0.329 e. The molecular weight excluding hydrogens is 357 g/mol. The first-order valence-corrected chi connectivity index (χ1v) is 9.79. The van der Waals surface area contributed by atoms with E-state index < -0.39 is 15.8 Å². The van der Waals surface area contributed by atoms with E-state index in [9.17, 15) is 17.6 Å². The highest BCUT2D eigenvalue weighted by molar-refractivity contribution is 7.92. The topological polar surface area (TPSA) is 73.1 Å². The fourth-order valence-corrected chi connectivity index (χ4v) is 4.01. The molecule has 0 aliphatic rings. The van der Waals surface area contributed by atoms with Crippen molar-refractivity contribution in [2.45, 2.75) is 38.8 Å². The van der Waals surface area contributed by atoms with Gasteiger partial charge in [-0.1, -0.05) is 6.07 Å². The van der Waals surface area contributed by atoms with Gasteiger partial charge in [-0.05, 0) is 56.7 Å². The van der Waals surface area contributed by atoms with Crippen molar-refractivity contribution in [3.63, 3.8) is 0 Å².